The molecule has 0 fully saturated rings. The van der Waals surface area contributed by atoms with Gasteiger partial charge < -0.3 is 5.32 Å². The zero-order valence-electron chi connectivity index (χ0n) is 12.0. The molecule has 23 heavy (non-hydrogen) atoms. The monoisotopic (exact) mass is 350 g/mol. The minimum absolute atomic E-state index is 0.0406. The molecule has 0 aliphatic carbocycles. The second-order valence-corrected chi connectivity index (χ2v) is 7.43. The second-order valence-electron chi connectivity index (χ2n) is 4.80. The van der Waals surface area contributed by atoms with Crippen LogP contribution in [-0.4, -0.2) is 36.2 Å². The summed E-state index contributed by atoms with van der Waals surface area (Å²) in [5.74, 6) is -0.477. The van der Waals surface area contributed by atoms with Gasteiger partial charge in [-0.3, -0.25) is 9.52 Å². The lowest BCUT2D eigenvalue weighted by molar-refractivity contribution is 0.0956. The molecule has 0 unspecified atom stereocenters. The number of carbonyl (C=O) groups is 1. The van der Waals surface area contributed by atoms with E-state index in [9.17, 15) is 13.2 Å². The second kappa shape index (κ2) is 6.39. The highest BCUT2D eigenvalue weighted by atomic mass is 32.2. The van der Waals surface area contributed by atoms with Gasteiger partial charge in [0.2, 0.25) is 10.0 Å². The fraction of sp³-hybridized carbons (Fsp3) is 0.143. The number of aromatic nitrogens is 2. The van der Waals surface area contributed by atoms with Gasteiger partial charge in [-0.15, -0.1) is 0 Å². The zero-order chi connectivity index (χ0) is 16.3. The van der Waals surface area contributed by atoms with Crippen molar-refractivity contribution >= 4 is 38.5 Å². The third-order valence-corrected chi connectivity index (χ3v) is 5.08. The third-order valence-electron chi connectivity index (χ3n) is 3.11. The summed E-state index contributed by atoms with van der Waals surface area (Å²) in [6.45, 7) is 0.0406. The average Bonchev–Trinajstić information content (AvgIpc) is 3.17. The van der Waals surface area contributed by atoms with E-state index in [-0.39, 0.29) is 18.2 Å². The van der Waals surface area contributed by atoms with Crippen molar-refractivity contribution in [3.63, 3.8) is 0 Å². The summed E-state index contributed by atoms with van der Waals surface area (Å²) in [7, 11) is -3.54. The lowest BCUT2D eigenvalue weighted by Gasteiger charge is -2.09. The lowest BCUT2D eigenvalue weighted by atomic mass is 10.3. The first-order valence-corrected chi connectivity index (χ1v) is 9.37. The van der Waals surface area contributed by atoms with Crippen molar-refractivity contribution in [2.24, 2.45) is 0 Å². The van der Waals surface area contributed by atoms with Crippen LogP contribution >= 0.6 is 11.3 Å². The first kappa shape index (κ1) is 15.5. The van der Waals surface area contributed by atoms with Gasteiger partial charge in [0.05, 0.1) is 17.0 Å². The van der Waals surface area contributed by atoms with E-state index in [0.29, 0.717) is 11.3 Å². The number of pyridine rings is 1. The highest BCUT2D eigenvalue weighted by molar-refractivity contribution is 7.92. The Morgan fingerprint density at radius 2 is 2.17 bits per heavy atom. The highest BCUT2D eigenvalue weighted by Crippen LogP contribution is 2.13. The summed E-state index contributed by atoms with van der Waals surface area (Å²) in [6.07, 6.45) is 3.30. The van der Waals surface area contributed by atoms with Gasteiger partial charge in [0, 0.05) is 29.9 Å². The first-order chi connectivity index (χ1) is 11.0. The van der Waals surface area contributed by atoms with Crippen LogP contribution in [0.25, 0.3) is 5.52 Å². The largest absolute Gasteiger partial charge is 0.351 e. The normalized spacial score (nSPS) is 11.5. The van der Waals surface area contributed by atoms with Crippen LogP contribution in [-0.2, 0) is 10.0 Å². The van der Waals surface area contributed by atoms with Crippen LogP contribution in [0.2, 0.25) is 0 Å². The Hall–Kier alpha value is -2.39. The number of sulfonamides is 1. The molecule has 3 aromatic heterocycles. The molecule has 1 amide bonds. The average molecular weight is 350 g/mol. The fourth-order valence-corrected chi connectivity index (χ4v) is 3.61. The van der Waals surface area contributed by atoms with Crippen molar-refractivity contribution in [2.45, 2.75) is 0 Å². The van der Waals surface area contributed by atoms with Gasteiger partial charge in [-0.1, -0.05) is 0 Å². The number of fused-ring (bicyclic) bond motifs is 1. The minimum Gasteiger partial charge on any atom is -0.351 e. The number of hydrogen-bond acceptors (Lipinski definition) is 5. The van der Waals surface area contributed by atoms with E-state index in [4.69, 9.17) is 0 Å². The lowest BCUT2D eigenvalue weighted by Crippen LogP contribution is -2.31. The zero-order valence-corrected chi connectivity index (χ0v) is 13.6. The van der Waals surface area contributed by atoms with Crippen LogP contribution in [0.15, 0.2) is 47.4 Å². The molecule has 9 heteroatoms. The Balaban J connectivity index is 1.57. The standard InChI is InChI=1S/C14H14N4O3S2/c19-14(11-3-7-22-10-11)15-5-8-23(20,21)17-12-2-6-18-13(9-12)1-4-16-18/h1-4,6-7,9-10,17H,5,8H2,(H,15,19). The van der Waals surface area contributed by atoms with Gasteiger partial charge >= 0.3 is 0 Å². The molecule has 0 atom stereocenters. The molecule has 3 rings (SSSR count). The van der Waals surface area contributed by atoms with Crippen LogP contribution in [0.5, 0.6) is 0 Å². The molecule has 0 aromatic carbocycles. The highest BCUT2D eigenvalue weighted by Gasteiger charge is 2.12. The number of nitrogens with zero attached hydrogens (tertiary/aromatic N) is 2. The summed E-state index contributed by atoms with van der Waals surface area (Å²) in [5.41, 5.74) is 1.78. The number of nitrogens with one attached hydrogen (secondary N) is 2. The van der Waals surface area contributed by atoms with E-state index in [2.05, 4.69) is 15.1 Å². The van der Waals surface area contributed by atoms with Crippen molar-refractivity contribution in [2.75, 3.05) is 17.0 Å². The van der Waals surface area contributed by atoms with Gasteiger partial charge in [-0.25, -0.2) is 12.9 Å². The number of thiophene rings is 1. The molecule has 0 radical (unpaired) electrons. The first-order valence-electron chi connectivity index (χ1n) is 6.78. The topological polar surface area (TPSA) is 92.6 Å². The molecule has 120 valence electrons. The third kappa shape index (κ3) is 3.88. The van der Waals surface area contributed by atoms with E-state index in [1.54, 1.807) is 51.9 Å². The fourth-order valence-electron chi connectivity index (χ4n) is 2.01. The molecule has 0 saturated carbocycles. The molecule has 0 saturated heterocycles. The van der Waals surface area contributed by atoms with Crippen molar-refractivity contribution in [3.8, 4) is 0 Å². The van der Waals surface area contributed by atoms with Gasteiger partial charge in [-0.05, 0) is 29.6 Å². The Morgan fingerprint density at radius 1 is 1.30 bits per heavy atom. The molecule has 3 heterocycles. The molecule has 0 bridgehead atoms. The van der Waals surface area contributed by atoms with Gasteiger partial charge in [0.1, 0.15) is 0 Å². The number of hydrogen-bond donors (Lipinski definition) is 2. The molecule has 0 spiro atoms. The maximum Gasteiger partial charge on any atom is 0.252 e. The van der Waals surface area contributed by atoms with Crippen LogP contribution in [0.3, 0.4) is 0 Å². The van der Waals surface area contributed by atoms with Crippen LogP contribution in [0.1, 0.15) is 10.4 Å². The summed E-state index contributed by atoms with van der Waals surface area (Å²) in [4.78, 5) is 11.7. The van der Waals surface area contributed by atoms with Crippen molar-refractivity contribution in [1.29, 1.82) is 0 Å². The predicted octanol–water partition coefficient (Wildman–Crippen LogP) is 1.57. The Morgan fingerprint density at radius 3 is 2.96 bits per heavy atom. The molecule has 7 nitrogen and oxygen atoms in total. The predicted molar refractivity (Wildman–Crippen MR) is 89.3 cm³/mol. The van der Waals surface area contributed by atoms with E-state index >= 15 is 0 Å². The maximum atomic E-state index is 12.1. The number of anilines is 1. The van der Waals surface area contributed by atoms with Crippen LogP contribution in [0, 0.1) is 0 Å². The van der Waals surface area contributed by atoms with Crippen molar-refractivity contribution in [1.82, 2.24) is 14.9 Å². The van der Waals surface area contributed by atoms with Crippen molar-refractivity contribution < 1.29 is 13.2 Å². The Labute approximate surface area is 137 Å². The van der Waals surface area contributed by atoms with E-state index in [1.807, 2.05) is 0 Å². The molecule has 0 aliphatic rings. The minimum atomic E-state index is -3.54. The Bertz CT molecular complexity index is 917. The van der Waals surface area contributed by atoms with E-state index < -0.39 is 10.0 Å². The number of rotatable bonds is 6. The molecular formula is C14H14N4O3S2. The quantitative estimate of drug-likeness (QED) is 0.706. The Kier molecular flexibility index (Phi) is 4.30. The van der Waals surface area contributed by atoms with Gasteiger partial charge in [0.25, 0.3) is 5.91 Å². The molecule has 3 aromatic rings. The van der Waals surface area contributed by atoms with E-state index in [1.165, 1.54) is 11.3 Å². The van der Waals surface area contributed by atoms with E-state index in [0.717, 1.165) is 5.52 Å². The molecule has 2 N–H and O–H groups in total. The summed E-state index contributed by atoms with van der Waals surface area (Å²) < 4.78 is 28.2. The maximum absolute atomic E-state index is 12.1. The van der Waals surface area contributed by atoms with Gasteiger partial charge in [0.15, 0.2) is 0 Å². The number of carbonyl (C=O) groups excluding carboxylic acids is 1. The van der Waals surface area contributed by atoms with Crippen molar-refractivity contribution in [3.05, 3.63) is 53.0 Å². The smallest absolute Gasteiger partial charge is 0.252 e. The number of amides is 1. The van der Waals surface area contributed by atoms with Crippen LogP contribution in [0.4, 0.5) is 5.69 Å². The van der Waals surface area contributed by atoms with Crippen LogP contribution < -0.4 is 10.0 Å². The molecule has 0 aliphatic heterocycles. The molecular weight excluding hydrogens is 336 g/mol. The summed E-state index contributed by atoms with van der Waals surface area (Å²) >= 11 is 1.41. The van der Waals surface area contributed by atoms with Gasteiger partial charge in [-0.2, -0.15) is 16.4 Å². The summed E-state index contributed by atoms with van der Waals surface area (Å²) in [6, 6.07) is 6.78. The summed E-state index contributed by atoms with van der Waals surface area (Å²) in [5, 5.41) is 10.1. The SMILES string of the molecule is O=C(NCCS(=O)(=O)Nc1ccn2nccc2c1)c1ccsc1.